The summed E-state index contributed by atoms with van der Waals surface area (Å²) in [7, 11) is 0. The zero-order valence-electron chi connectivity index (χ0n) is 9.24. The van der Waals surface area contributed by atoms with Crippen LogP contribution in [0.15, 0.2) is 0 Å². The van der Waals surface area contributed by atoms with Gasteiger partial charge < -0.3 is 4.74 Å². The number of Topliss-reactive ketones (excluding diaryl/α,β-unsaturated/α-hetero) is 1. The van der Waals surface area contributed by atoms with E-state index in [9.17, 15) is 9.59 Å². The average Bonchev–Trinajstić information content (AvgIpc) is 2.12. The highest BCUT2D eigenvalue weighted by Crippen LogP contribution is 2.27. The average molecular weight is 198 g/mol. The van der Waals surface area contributed by atoms with Crippen molar-refractivity contribution in [3.8, 4) is 0 Å². The minimum absolute atomic E-state index is 0.0376. The van der Waals surface area contributed by atoms with Crippen LogP contribution in [0.25, 0.3) is 0 Å². The maximum absolute atomic E-state index is 11.7. The number of carbonyl (C=O) groups excluding carboxylic acids is 2. The van der Waals surface area contributed by atoms with E-state index in [1.807, 2.05) is 27.7 Å². The van der Waals surface area contributed by atoms with Gasteiger partial charge in [0.1, 0.15) is 17.8 Å². The highest BCUT2D eigenvalue weighted by atomic mass is 16.6. The molecule has 1 fully saturated rings. The van der Waals surface area contributed by atoms with Crippen LogP contribution < -0.4 is 0 Å². The zero-order chi connectivity index (χ0) is 10.9. The Morgan fingerprint density at radius 1 is 1.43 bits per heavy atom. The molecule has 3 atom stereocenters. The summed E-state index contributed by atoms with van der Waals surface area (Å²) in [5.41, 5.74) is 0. The van der Waals surface area contributed by atoms with Crippen LogP contribution in [0.5, 0.6) is 0 Å². The molecule has 1 aliphatic heterocycles. The van der Waals surface area contributed by atoms with E-state index in [1.54, 1.807) is 0 Å². The van der Waals surface area contributed by atoms with Gasteiger partial charge in [-0.2, -0.15) is 0 Å². The Bertz CT molecular complexity index is 245. The van der Waals surface area contributed by atoms with Crippen molar-refractivity contribution in [2.75, 3.05) is 0 Å². The van der Waals surface area contributed by atoms with Crippen molar-refractivity contribution in [2.45, 2.75) is 40.2 Å². The van der Waals surface area contributed by atoms with E-state index in [1.165, 1.54) is 0 Å². The number of cyclic esters (lactones) is 1. The van der Waals surface area contributed by atoms with Crippen LogP contribution >= 0.6 is 0 Å². The molecule has 0 saturated carbocycles. The van der Waals surface area contributed by atoms with E-state index in [0.29, 0.717) is 12.3 Å². The van der Waals surface area contributed by atoms with Crippen molar-refractivity contribution in [3.63, 3.8) is 0 Å². The Morgan fingerprint density at radius 3 is 2.36 bits per heavy atom. The first-order valence-electron chi connectivity index (χ1n) is 5.16. The molecule has 0 aromatic carbocycles. The lowest BCUT2D eigenvalue weighted by Crippen LogP contribution is -2.44. The van der Waals surface area contributed by atoms with Crippen molar-refractivity contribution in [1.82, 2.24) is 0 Å². The third-order valence-corrected chi connectivity index (χ3v) is 3.10. The lowest BCUT2D eigenvalue weighted by Gasteiger charge is -2.32. The molecule has 80 valence electrons. The summed E-state index contributed by atoms with van der Waals surface area (Å²) in [6, 6.07) is 0. The summed E-state index contributed by atoms with van der Waals surface area (Å²) in [5.74, 6) is 0.142. The summed E-state index contributed by atoms with van der Waals surface area (Å²) in [6.07, 6.45) is 0.269. The summed E-state index contributed by atoms with van der Waals surface area (Å²) in [6.45, 7) is 7.79. The predicted molar refractivity (Wildman–Crippen MR) is 52.7 cm³/mol. The highest BCUT2D eigenvalue weighted by molar-refractivity contribution is 5.88. The summed E-state index contributed by atoms with van der Waals surface area (Å²) in [4.78, 5) is 22.7. The van der Waals surface area contributed by atoms with Gasteiger partial charge in [-0.1, -0.05) is 20.8 Å². The van der Waals surface area contributed by atoms with Crippen LogP contribution in [0.2, 0.25) is 0 Å². The van der Waals surface area contributed by atoms with Gasteiger partial charge >= 0.3 is 5.97 Å². The largest absolute Gasteiger partial charge is 0.461 e. The minimum Gasteiger partial charge on any atom is -0.461 e. The smallest absolute Gasteiger partial charge is 0.313 e. The van der Waals surface area contributed by atoms with Gasteiger partial charge in [-0.05, 0) is 12.8 Å². The van der Waals surface area contributed by atoms with Gasteiger partial charge in [0.25, 0.3) is 0 Å². The van der Waals surface area contributed by atoms with Crippen molar-refractivity contribution in [3.05, 3.63) is 0 Å². The molecule has 0 spiro atoms. The summed E-state index contributed by atoms with van der Waals surface area (Å²) in [5, 5.41) is 0. The maximum atomic E-state index is 11.7. The molecule has 1 saturated heterocycles. The SMILES string of the molecule is CC(C)[C@H](C)C(=O)C[C@@H]1C(=O)O[C@@H]1C. The van der Waals surface area contributed by atoms with Crippen LogP contribution in [0.1, 0.15) is 34.1 Å². The molecular weight excluding hydrogens is 180 g/mol. The second-order valence-corrected chi connectivity index (χ2v) is 4.45. The minimum atomic E-state index is -0.221. The van der Waals surface area contributed by atoms with Crippen LogP contribution in [0, 0.1) is 17.8 Å². The molecule has 1 rings (SSSR count). The van der Waals surface area contributed by atoms with Gasteiger partial charge in [0.15, 0.2) is 0 Å². The molecule has 0 bridgehead atoms. The number of ketones is 1. The van der Waals surface area contributed by atoms with Crippen molar-refractivity contribution >= 4 is 11.8 Å². The molecule has 0 amide bonds. The molecular formula is C11H18O3. The van der Waals surface area contributed by atoms with Gasteiger partial charge in [-0.3, -0.25) is 9.59 Å². The zero-order valence-corrected chi connectivity index (χ0v) is 9.24. The van der Waals surface area contributed by atoms with Crippen LogP contribution in [-0.4, -0.2) is 17.9 Å². The summed E-state index contributed by atoms with van der Waals surface area (Å²) >= 11 is 0. The van der Waals surface area contributed by atoms with Crippen LogP contribution in [0.4, 0.5) is 0 Å². The Kier molecular flexibility index (Phi) is 3.29. The fraction of sp³-hybridized carbons (Fsp3) is 0.818. The third kappa shape index (κ3) is 2.14. The summed E-state index contributed by atoms with van der Waals surface area (Å²) < 4.78 is 4.80. The first-order chi connectivity index (χ1) is 6.43. The fourth-order valence-corrected chi connectivity index (χ4v) is 1.50. The van der Waals surface area contributed by atoms with E-state index < -0.39 is 0 Å². The number of rotatable bonds is 4. The quantitative estimate of drug-likeness (QED) is 0.647. The second-order valence-electron chi connectivity index (χ2n) is 4.45. The van der Waals surface area contributed by atoms with Gasteiger partial charge in [0.2, 0.25) is 0 Å². The molecule has 0 unspecified atom stereocenters. The Morgan fingerprint density at radius 2 is 2.00 bits per heavy atom. The van der Waals surface area contributed by atoms with Crippen molar-refractivity contribution in [2.24, 2.45) is 17.8 Å². The normalized spacial score (nSPS) is 28.2. The Balaban J connectivity index is 2.44. The monoisotopic (exact) mass is 198 g/mol. The van der Waals surface area contributed by atoms with Gasteiger partial charge in [0, 0.05) is 12.3 Å². The van der Waals surface area contributed by atoms with E-state index in [4.69, 9.17) is 4.74 Å². The first kappa shape index (κ1) is 11.2. The topological polar surface area (TPSA) is 43.4 Å². The van der Waals surface area contributed by atoms with E-state index in [2.05, 4.69) is 0 Å². The maximum Gasteiger partial charge on any atom is 0.313 e. The van der Waals surface area contributed by atoms with Crippen LogP contribution in [-0.2, 0) is 14.3 Å². The fourth-order valence-electron chi connectivity index (χ4n) is 1.50. The second kappa shape index (κ2) is 4.11. The lowest BCUT2D eigenvalue weighted by molar-refractivity contribution is -0.183. The molecule has 1 heterocycles. The predicted octanol–water partition coefficient (Wildman–Crippen LogP) is 1.80. The number of carbonyl (C=O) groups is 2. The van der Waals surface area contributed by atoms with Crippen molar-refractivity contribution < 1.29 is 14.3 Å². The number of hydrogen-bond donors (Lipinski definition) is 0. The first-order valence-corrected chi connectivity index (χ1v) is 5.16. The molecule has 1 aliphatic rings. The van der Waals surface area contributed by atoms with E-state index >= 15 is 0 Å². The number of ether oxygens (including phenoxy) is 1. The van der Waals surface area contributed by atoms with E-state index in [0.717, 1.165) is 0 Å². The highest BCUT2D eigenvalue weighted by Gasteiger charge is 2.41. The molecule has 14 heavy (non-hydrogen) atoms. The Labute approximate surface area is 84.8 Å². The molecule has 3 nitrogen and oxygen atoms in total. The van der Waals surface area contributed by atoms with Gasteiger partial charge in [0.05, 0.1) is 0 Å². The standard InChI is InChI=1S/C11H18O3/c1-6(2)7(3)10(12)5-9-8(4)14-11(9)13/h6-9H,5H2,1-4H3/t7-,8+,9-/m0/s1. The number of esters is 1. The third-order valence-electron chi connectivity index (χ3n) is 3.10. The molecule has 0 radical (unpaired) electrons. The molecule has 0 N–H and O–H groups in total. The Hall–Kier alpha value is -0.860. The van der Waals surface area contributed by atoms with E-state index in [-0.39, 0.29) is 29.7 Å². The van der Waals surface area contributed by atoms with Crippen LogP contribution in [0.3, 0.4) is 0 Å². The number of hydrogen-bond acceptors (Lipinski definition) is 3. The van der Waals surface area contributed by atoms with Crippen molar-refractivity contribution in [1.29, 1.82) is 0 Å². The molecule has 0 aromatic heterocycles. The van der Waals surface area contributed by atoms with Gasteiger partial charge in [-0.15, -0.1) is 0 Å². The van der Waals surface area contributed by atoms with Gasteiger partial charge in [-0.25, -0.2) is 0 Å². The lowest BCUT2D eigenvalue weighted by atomic mass is 9.85. The molecule has 0 aromatic rings. The molecule has 0 aliphatic carbocycles. The molecule has 3 heteroatoms.